The fourth-order valence-electron chi connectivity index (χ4n) is 2.31. The second-order valence-electron chi connectivity index (χ2n) is 4.69. The number of para-hydroxylation sites is 2. The summed E-state index contributed by atoms with van der Waals surface area (Å²) in [6.07, 6.45) is 3.18. The summed E-state index contributed by atoms with van der Waals surface area (Å²) in [5.74, 6) is 0.806. The summed E-state index contributed by atoms with van der Waals surface area (Å²) in [5.41, 5.74) is 1.81. The number of oxazole rings is 1. The minimum absolute atomic E-state index is 0.489. The molecule has 1 aliphatic rings. The van der Waals surface area contributed by atoms with Crippen LogP contribution in [0.2, 0.25) is 0 Å². The smallest absolute Gasteiger partial charge is 0.196 e. The Kier molecular flexibility index (Phi) is 3.57. The van der Waals surface area contributed by atoms with Gasteiger partial charge in [-0.1, -0.05) is 12.1 Å². The van der Waals surface area contributed by atoms with Gasteiger partial charge in [0.1, 0.15) is 5.52 Å². The van der Waals surface area contributed by atoms with Crippen LogP contribution in [0.3, 0.4) is 0 Å². The van der Waals surface area contributed by atoms with Gasteiger partial charge in [0.15, 0.2) is 11.5 Å². The first-order valence-electron chi connectivity index (χ1n) is 6.57. The van der Waals surface area contributed by atoms with Crippen molar-refractivity contribution in [3.63, 3.8) is 0 Å². The van der Waals surface area contributed by atoms with Crippen molar-refractivity contribution in [2.75, 3.05) is 19.8 Å². The molecule has 18 heavy (non-hydrogen) atoms. The lowest BCUT2D eigenvalue weighted by molar-refractivity contribution is 0.0706. The summed E-state index contributed by atoms with van der Waals surface area (Å²) in [4.78, 5) is 4.46. The van der Waals surface area contributed by atoms with Crippen molar-refractivity contribution in [1.82, 2.24) is 10.3 Å². The molecule has 1 fully saturated rings. The number of fused-ring (bicyclic) bond motifs is 1. The highest BCUT2D eigenvalue weighted by molar-refractivity contribution is 5.72. The molecule has 0 spiro atoms. The number of hydrogen-bond acceptors (Lipinski definition) is 4. The molecule has 0 amide bonds. The van der Waals surface area contributed by atoms with E-state index in [1.54, 1.807) is 0 Å². The maximum atomic E-state index is 5.68. The summed E-state index contributed by atoms with van der Waals surface area (Å²) >= 11 is 0. The fraction of sp³-hybridized carbons (Fsp3) is 0.500. The lowest BCUT2D eigenvalue weighted by Crippen LogP contribution is -2.37. The SMILES string of the molecule is c1ccc2oc(CCNC3CCCOC3)nc2c1. The predicted octanol–water partition coefficient (Wildman–Crippen LogP) is 2.14. The molecule has 0 bridgehead atoms. The van der Waals surface area contributed by atoms with Crippen molar-refractivity contribution < 1.29 is 9.15 Å². The highest BCUT2D eigenvalue weighted by Crippen LogP contribution is 2.14. The van der Waals surface area contributed by atoms with Crippen LogP contribution in [0.5, 0.6) is 0 Å². The molecule has 4 heteroatoms. The van der Waals surface area contributed by atoms with E-state index in [-0.39, 0.29) is 0 Å². The predicted molar refractivity (Wildman–Crippen MR) is 69.6 cm³/mol. The van der Waals surface area contributed by atoms with Gasteiger partial charge in [-0.25, -0.2) is 4.98 Å². The zero-order chi connectivity index (χ0) is 12.2. The van der Waals surface area contributed by atoms with E-state index in [0.717, 1.165) is 49.6 Å². The molecule has 3 rings (SSSR count). The average molecular weight is 246 g/mol. The monoisotopic (exact) mass is 246 g/mol. The van der Waals surface area contributed by atoms with Crippen LogP contribution in [0.1, 0.15) is 18.7 Å². The third-order valence-electron chi connectivity index (χ3n) is 3.27. The molecule has 1 aliphatic heterocycles. The van der Waals surface area contributed by atoms with E-state index >= 15 is 0 Å². The highest BCUT2D eigenvalue weighted by atomic mass is 16.5. The summed E-state index contributed by atoms with van der Waals surface area (Å²) in [6.45, 7) is 2.62. The maximum Gasteiger partial charge on any atom is 0.196 e. The van der Waals surface area contributed by atoms with Crippen LogP contribution in [0.25, 0.3) is 11.1 Å². The first-order valence-corrected chi connectivity index (χ1v) is 6.57. The molecular formula is C14H18N2O2. The molecule has 96 valence electrons. The molecule has 2 aromatic rings. The van der Waals surface area contributed by atoms with Crippen LogP contribution < -0.4 is 5.32 Å². The fourth-order valence-corrected chi connectivity index (χ4v) is 2.31. The van der Waals surface area contributed by atoms with E-state index < -0.39 is 0 Å². The number of nitrogens with zero attached hydrogens (tertiary/aromatic N) is 1. The van der Waals surface area contributed by atoms with Crippen molar-refractivity contribution in [2.45, 2.75) is 25.3 Å². The van der Waals surface area contributed by atoms with Crippen LogP contribution in [0.15, 0.2) is 28.7 Å². The maximum absolute atomic E-state index is 5.68. The van der Waals surface area contributed by atoms with Gasteiger partial charge in [-0.2, -0.15) is 0 Å². The third-order valence-corrected chi connectivity index (χ3v) is 3.27. The topological polar surface area (TPSA) is 47.3 Å². The van der Waals surface area contributed by atoms with Crippen LogP contribution >= 0.6 is 0 Å². The molecule has 4 nitrogen and oxygen atoms in total. The molecule has 1 atom stereocenters. The quantitative estimate of drug-likeness (QED) is 0.898. The Morgan fingerprint density at radius 2 is 2.28 bits per heavy atom. The Bertz CT molecular complexity index is 470. The number of nitrogens with one attached hydrogen (secondary N) is 1. The largest absolute Gasteiger partial charge is 0.441 e. The van der Waals surface area contributed by atoms with Gasteiger partial charge in [0.25, 0.3) is 0 Å². The number of benzene rings is 1. The molecule has 1 N–H and O–H groups in total. The first kappa shape index (κ1) is 11.7. The Morgan fingerprint density at radius 1 is 1.33 bits per heavy atom. The highest BCUT2D eigenvalue weighted by Gasteiger charge is 2.13. The summed E-state index contributed by atoms with van der Waals surface area (Å²) in [6, 6.07) is 8.36. The number of hydrogen-bond donors (Lipinski definition) is 1. The number of rotatable bonds is 4. The molecule has 0 aliphatic carbocycles. The molecule has 0 radical (unpaired) electrons. The summed E-state index contributed by atoms with van der Waals surface area (Å²) in [7, 11) is 0. The van der Waals surface area contributed by atoms with Crippen LogP contribution in [-0.2, 0) is 11.2 Å². The Labute approximate surface area is 106 Å². The summed E-state index contributed by atoms with van der Waals surface area (Å²) in [5, 5.41) is 3.49. The van der Waals surface area contributed by atoms with Gasteiger partial charge in [-0.05, 0) is 25.0 Å². The molecule has 1 saturated heterocycles. The van der Waals surface area contributed by atoms with E-state index in [1.165, 1.54) is 6.42 Å². The van der Waals surface area contributed by atoms with E-state index in [9.17, 15) is 0 Å². The van der Waals surface area contributed by atoms with Gasteiger partial charge in [-0.3, -0.25) is 0 Å². The van der Waals surface area contributed by atoms with Crippen molar-refractivity contribution >= 4 is 11.1 Å². The molecule has 2 heterocycles. The van der Waals surface area contributed by atoms with E-state index in [0.29, 0.717) is 6.04 Å². The second kappa shape index (κ2) is 5.50. The molecule has 1 aromatic heterocycles. The molecule has 1 aromatic carbocycles. The Balaban J connectivity index is 1.53. The number of aromatic nitrogens is 1. The van der Waals surface area contributed by atoms with Gasteiger partial charge in [0.05, 0.1) is 6.61 Å². The average Bonchev–Trinajstić information content (AvgIpc) is 2.82. The van der Waals surface area contributed by atoms with Gasteiger partial charge in [0.2, 0.25) is 0 Å². The number of ether oxygens (including phenoxy) is 1. The van der Waals surface area contributed by atoms with Gasteiger partial charge in [0, 0.05) is 25.6 Å². The standard InChI is InChI=1S/C14H18N2O2/c1-2-6-13-12(5-1)16-14(18-13)7-8-15-11-4-3-9-17-10-11/h1-2,5-6,11,15H,3-4,7-10H2. The first-order chi connectivity index (χ1) is 8.92. The molecule has 1 unspecified atom stereocenters. The minimum Gasteiger partial charge on any atom is -0.441 e. The Hall–Kier alpha value is -1.39. The van der Waals surface area contributed by atoms with Crippen molar-refractivity contribution in [3.05, 3.63) is 30.2 Å². The van der Waals surface area contributed by atoms with Gasteiger partial charge in [-0.15, -0.1) is 0 Å². The summed E-state index contributed by atoms with van der Waals surface area (Å²) < 4.78 is 11.1. The molecular weight excluding hydrogens is 228 g/mol. The van der Waals surface area contributed by atoms with Crippen LogP contribution in [0.4, 0.5) is 0 Å². The minimum atomic E-state index is 0.489. The van der Waals surface area contributed by atoms with Crippen LogP contribution in [0, 0.1) is 0 Å². The van der Waals surface area contributed by atoms with Crippen molar-refractivity contribution in [1.29, 1.82) is 0 Å². The van der Waals surface area contributed by atoms with Crippen LogP contribution in [-0.4, -0.2) is 30.8 Å². The normalized spacial score (nSPS) is 20.3. The Morgan fingerprint density at radius 3 is 3.11 bits per heavy atom. The molecule has 0 saturated carbocycles. The van der Waals surface area contributed by atoms with E-state index in [1.807, 2.05) is 24.3 Å². The second-order valence-corrected chi connectivity index (χ2v) is 4.69. The lowest BCUT2D eigenvalue weighted by atomic mass is 10.1. The zero-order valence-electron chi connectivity index (χ0n) is 10.4. The van der Waals surface area contributed by atoms with Gasteiger partial charge >= 0.3 is 0 Å². The van der Waals surface area contributed by atoms with Crippen molar-refractivity contribution in [3.8, 4) is 0 Å². The third kappa shape index (κ3) is 2.71. The van der Waals surface area contributed by atoms with E-state index in [4.69, 9.17) is 9.15 Å². The van der Waals surface area contributed by atoms with Crippen molar-refractivity contribution in [2.24, 2.45) is 0 Å². The van der Waals surface area contributed by atoms with Gasteiger partial charge < -0.3 is 14.5 Å². The lowest BCUT2D eigenvalue weighted by Gasteiger charge is -2.22. The zero-order valence-corrected chi connectivity index (χ0v) is 10.4. The van der Waals surface area contributed by atoms with E-state index in [2.05, 4.69) is 10.3 Å².